The quantitative estimate of drug-likeness (QED) is 0.675. The number of amides is 1. The third-order valence-electron chi connectivity index (χ3n) is 4.63. The number of benzene rings is 2. The molecule has 9 heteroatoms. The zero-order chi connectivity index (χ0) is 20.3. The third-order valence-corrected chi connectivity index (χ3v) is 6.42. The van der Waals surface area contributed by atoms with Gasteiger partial charge >= 0.3 is 0 Å². The zero-order valence-electron chi connectivity index (χ0n) is 15.4. The Morgan fingerprint density at radius 3 is 2.29 bits per heavy atom. The third kappa shape index (κ3) is 4.64. The summed E-state index contributed by atoms with van der Waals surface area (Å²) in [5.41, 5.74) is 0.934. The second kappa shape index (κ2) is 8.48. The topological polar surface area (TPSA) is 60.9 Å². The minimum absolute atomic E-state index is 0.277. The van der Waals surface area contributed by atoms with Crippen molar-refractivity contribution >= 4 is 43.2 Å². The van der Waals surface area contributed by atoms with Crippen LogP contribution in [0.4, 0.5) is 15.8 Å². The molecule has 6 nitrogen and oxygen atoms in total. The second-order valence-electron chi connectivity index (χ2n) is 6.54. The Labute approximate surface area is 172 Å². The lowest BCUT2D eigenvalue weighted by molar-refractivity contribution is -0.129. The SMILES string of the molecule is CS(=O)(=O)N(CC(=O)N1CCN(c2ccccc2F)CC1)c1ccccc1Br. The molecule has 0 bridgehead atoms. The van der Waals surface area contributed by atoms with E-state index in [-0.39, 0.29) is 18.3 Å². The van der Waals surface area contributed by atoms with Gasteiger partial charge in [-0.3, -0.25) is 9.10 Å². The summed E-state index contributed by atoms with van der Waals surface area (Å²) in [5, 5.41) is 0. The van der Waals surface area contributed by atoms with Crippen molar-refractivity contribution < 1.29 is 17.6 Å². The van der Waals surface area contributed by atoms with E-state index in [0.29, 0.717) is 42.0 Å². The van der Waals surface area contributed by atoms with Crippen molar-refractivity contribution in [1.82, 2.24) is 4.90 Å². The molecule has 150 valence electrons. The molecule has 0 spiro atoms. The van der Waals surface area contributed by atoms with E-state index < -0.39 is 10.0 Å². The van der Waals surface area contributed by atoms with Gasteiger partial charge in [0, 0.05) is 30.7 Å². The fraction of sp³-hybridized carbons (Fsp3) is 0.316. The Morgan fingerprint density at radius 1 is 1.07 bits per heavy atom. The van der Waals surface area contributed by atoms with Gasteiger partial charge < -0.3 is 9.80 Å². The van der Waals surface area contributed by atoms with Gasteiger partial charge in [-0.1, -0.05) is 24.3 Å². The summed E-state index contributed by atoms with van der Waals surface area (Å²) in [7, 11) is -3.64. The van der Waals surface area contributed by atoms with Gasteiger partial charge in [0.05, 0.1) is 17.6 Å². The van der Waals surface area contributed by atoms with Crippen LogP contribution in [0.3, 0.4) is 0 Å². The molecule has 0 unspecified atom stereocenters. The van der Waals surface area contributed by atoms with Gasteiger partial charge in [0.2, 0.25) is 15.9 Å². The van der Waals surface area contributed by atoms with E-state index in [0.717, 1.165) is 10.6 Å². The first-order valence-corrected chi connectivity index (χ1v) is 11.4. The van der Waals surface area contributed by atoms with Gasteiger partial charge in [-0.25, -0.2) is 12.8 Å². The first kappa shape index (κ1) is 20.6. The highest BCUT2D eigenvalue weighted by Gasteiger charge is 2.28. The Hall–Kier alpha value is -2.13. The monoisotopic (exact) mass is 469 g/mol. The first-order valence-electron chi connectivity index (χ1n) is 8.77. The van der Waals surface area contributed by atoms with Crippen LogP contribution in [-0.2, 0) is 14.8 Å². The molecule has 2 aromatic carbocycles. The van der Waals surface area contributed by atoms with Crippen molar-refractivity contribution in [2.24, 2.45) is 0 Å². The fourth-order valence-corrected chi connectivity index (χ4v) is 4.64. The van der Waals surface area contributed by atoms with Crippen molar-refractivity contribution in [3.05, 3.63) is 58.8 Å². The molecule has 3 rings (SSSR count). The first-order chi connectivity index (χ1) is 13.3. The molecule has 0 atom stereocenters. The molecule has 1 aliphatic heterocycles. The van der Waals surface area contributed by atoms with Crippen molar-refractivity contribution in [2.45, 2.75) is 0 Å². The standard InChI is InChI=1S/C19H21BrFN3O3S/c1-28(26,27)24(17-8-4-2-6-15(17)20)14-19(25)23-12-10-22(11-13-23)18-9-5-3-7-16(18)21/h2-9H,10-14H2,1H3. The number of hydrogen-bond acceptors (Lipinski definition) is 4. The van der Waals surface area contributed by atoms with Gasteiger partial charge in [0.15, 0.2) is 0 Å². The number of piperazine rings is 1. The molecule has 1 saturated heterocycles. The van der Waals surface area contributed by atoms with Crippen LogP contribution in [0.5, 0.6) is 0 Å². The molecule has 1 heterocycles. The smallest absolute Gasteiger partial charge is 0.243 e. The molecule has 0 saturated carbocycles. The molecule has 0 aliphatic carbocycles. The highest BCUT2D eigenvalue weighted by Crippen LogP contribution is 2.28. The second-order valence-corrected chi connectivity index (χ2v) is 9.30. The van der Waals surface area contributed by atoms with Crippen molar-refractivity contribution in [1.29, 1.82) is 0 Å². The molecular formula is C19H21BrFN3O3S. The molecule has 0 radical (unpaired) electrons. The summed E-state index contributed by atoms with van der Waals surface area (Å²) >= 11 is 3.34. The van der Waals surface area contributed by atoms with Crippen molar-refractivity contribution in [3.63, 3.8) is 0 Å². The summed E-state index contributed by atoms with van der Waals surface area (Å²) < 4.78 is 40.2. The number of rotatable bonds is 5. The van der Waals surface area contributed by atoms with E-state index in [1.165, 1.54) is 6.07 Å². The van der Waals surface area contributed by atoms with Gasteiger partial charge in [-0.05, 0) is 40.2 Å². The fourth-order valence-electron chi connectivity index (χ4n) is 3.16. The minimum atomic E-state index is -3.64. The lowest BCUT2D eigenvalue weighted by atomic mass is 10.2. The number of anilines is 2. The maximum Gasteiger partial charge on any atom is 0.243 e. The highest BCUT2D eigenvalue weighted by molar-refractivity contribution is 9.10. The maximum atomic E-state index is 14.0. The predicted octanol–water partition coefficient (Wildman–Crippen LogP) is 2.70. The van der Waals surface area contributed by atoms with Gasteiger partial charge in [0.1, 0.15) is 12.4 Å². The van der Waals surface area contributed by atoms with E-state index in [2.05, 4.69) is 15.9 Å². The van der Waals surface area contributed by atoms with Crippen LogP contribution in [0.1, 0.15) is 0 Å². The number of halogens is 2. The molecular weight excluding hydrogens is 449 g/mol. The van der Waals surface area contributed by atoms with Crippen LogP contribution in [0, 0.1) is 5.82 Å². The van der Waals surface area contributed by atoms with E-state index in [9.17, 15) is 17.6 Å². The van der Waals surface area contributed by atoms with Gasteiger partial charge in [0.25, 0.3) is 0 Å². The van der Waals surface area contributed by atoms with Crippen LogP contribution in [0.2, 0.25) is 0 Å². The summed E-state index contributed by atoms with van der Waals surface area (Å²) in [6, 6.07) is 13.4. The Morgan fingerprint density at radius 2 is 1.68 bits per heavy atom. The maximum absolute atomic E-state index is 14.0. The predicted molar refractivity (Wildman–Crippen MR) is 112 cm³/mol. The lowest BCUT2D eigenvalue weighted by Gasteiger charge is -2.37. The summed E-state index contributed by atoms with van der Waals surface area (Å²) in [6.45, 7) is 1.50. The normalized spacial score (nSPS) is 14.8. The average Bonchev–Trinajstić information content (AvgIpc) is 2.66. The van der Waals surface area contributed by atoms with Crippen LogP contribution in [-0.4, -0.2) is 58.2 Å². The summed E-state index contributed by atoms with van der Waals surface area (Å²) in [6.07, 6.45) is 1.08. The van der Waals surface area contributed by atoms with E-state index in [1.807, 2.05) is 4.90 Å². The van der Waals surface area contributed by atoms with Crippen molar-refractivity contribution in [2.75, 3.05) is 48.2 Å². The largest absolute Gasteiger partial charge is 0.366 e. The molecule has 1 aliphatic rings. The number of hydrogen-bond donors (Lipinski definition) is 0. The average molecular weight is 470 g/mol. The number of sulfonamides is 1. The van der Waals surface area contributed by atoms with Crippen LogP contribution in [0.15, 0.2) is 53.0 Å². The molecule has 2 aromatic rings. The van der Waals surface area contributed by atoms with Crippen LogP contribution >= 0.6 is 15.9 Å². The molecule has 0 aromatic heterocycles. The molecule has 0 N–H and O–H groups in total. The zero-order valence-corrected chi connectivity index (χ0v) is 17.8. The van der Waals surface area contributed by atoms with Gasteiger partial charge in [-0.2, -0.15) is 0 Å². The number of para-hydroxylation sites is 2. The van der Waals surface area contributed by atoms with Crippen molar-refractivity contribution in [3.8, 4) is 0 Å². The van der Waals surface area contributed by atoms with E-state index in [4.69, 9.17) is 0 Å². The summed E-state index contributed by atoms with van der Waals surface area (Å²) in [5.74, 6) is -0.575. The van der Waals surface area contributed by atoms with E-state index in [1.54, 1.807) is 47.4 Å². The summed E-state index contributed by atoms with van der Waals surface area (Å²) in [4.78, 5) is 16.3. The Bertz CT molecular complexity index is 962. The lowest BCUT2D eigenvalue weighted by Crippen LogP contribution is -2.52. The number of carbonyl (C=O) groups excluding carboxylic acids is 1. The van der Waals surface area contributed by atoms with Crippen LogP contribution in [0.25, 0.3) is 0 Å². The van der Waals surface area contributed by atoms with Crippen LogP contribution < -0.4 is 9.21 Å². The molecule has 1 amide bonds. The highest BCUT2D eigenvalue weighted by atomic mass is 79.9. The van der Waals surface area contributed by atoms with E-state index >= 15 is 0 Å². The number of carbonyl (C=O) groups is 1. The minimum Gasteiger partial charge on any atom is -0.366 e. The Kier molecular flexibility index (Phi) is 6.24. The Balaban J connectivity index is 1.69. The number of nitrogens with zero attached hydrogens (tertiary/aromatic N) is 3. The molecule has 1 fully saturated rings. The molecule has 28 heavy (non-hydrogen) atoms. The van der Waals surface area contributed by atoms with Gasteiger partial charge in [-0.15, -0.1) is 0 Å².